The van der Waals surface area contributed by atoms with Gasteiger partial charge in [-0.15, -0.1) is 0 Å². The number of rotatable bonds is 3. The summed E-state index contributed by atoms with van der Waals surface area (Å²) in [6.07, 6.45) is 1.16. The molecule has 1 aliphatic rings. The highest BCUT2D eigenvalue weighted by Gasteiger charge is 2.62. The summed E-state index contributed by atoms with van der Waals surface area (Å²) in [6, 6.07) is 6.51. The van der Waals surface area contributed by atoms with Gasteiger partial charge < -0.3 is 5.11 Å². The predicted molar refractivity (Wildman–Crippen MR) is 67.2 cm³/mol. The Morgan fingerprint density at radius 1 is 1.22 bits per heavy atom. The minimum atomic E-state index is -3.20. The zero-order valence-electron chi connectivity index (χ0n) is 10.5. The third-order valence-electron chi connectivity index (χ3n) is 3.76. The summed E-state index contributed by atoms with van der Waals surface area (Å²) in [6.45, 7) is 3.84. The normalized spacial score (nSPS) is 25.7. The van der Waals surface area contributed by atoms with E-state index in [1.54, 1.807) is 12.1 Å². The molecule has 0 radical (unpaired) electrons. The summed E-state index contributed by atoms with van der Waals surface area (Å²) in [5.74, 6) is -1.22. The van der Waals surface area contributed by atoms with Crippen LogP contribution in [0.1, 0.15) is 25.3 Å². The van der Waals surface area contributed by atoms with Crippen LogP contribution in [0.3, 0.4) is 0 Å². The molecule has 98 valence electrons. The number of benzene rings is 1. The van der Waals surface area contributed by atoms with Gasteiger partial charge in [-0.05, 0) is 23.1 Å². The van der Waals surface area contributed by atoms with E-state index in [2.05, 4.69) is 0 Å². The number of aliphatic carboxylic acids is 1. The van der Waals surface area contributed by atoms with Crippen molar-refractivity contribution in [3.8, 4) is 0 Å². The molecule has 0 bridgehead atoms. The van der Waals surface area contributed by atoms with Gasteiger partial charge in [0.15, 0.2) is 9.84 Å². The maximum absolute atomic E-state index is 11.3. The van der Waals surface area contributed by atoms with Crippen molar-refractivity contribution in [3.63, 3.8) is 0 Å². The van der Waals surface area contributed by atoms with Crippen LogP contribution in [0.25, 0.3) is 0 Å². The SMILES string of the molecule is CC1(C)[C@H](C(=O)O)[C@H]1c1ccc(S(C)(=O)=O)cc1. The van der Waals surface area contributed by atoms with E-state index in [0.717, 1.165) is 11.8 Å². The van der Waals surface area contributed by atoms with Gasteiger partial charge in [-0.3, -0.25) is 4.79 Å². The number of hydrogen-bond donors (Lipinski definition) is 1. The molecule has 1 fully saturated rings. The Kier molecular flexibility index (Phi) is 2.77. The molecule has 2 atom stereocenters. The summed E-state index contributed by atoms with van der Waals surface area (Å²) in [5.41, 5.74) is 0.623. The standard InChI is InChI=1S/C13H16O4S/c1-13(2)10(11(13)12(14)15)8-4-6-9(7-5-8)18(3,16)17/h4-7,10-11H,1-3H3,(H,14,15)/t10-,11+/m1/s1. The van der Waals surface area contributed by atoms with Crippen molar-refractivity contribution in [1.82, 2.24) is 0 Å². The van der Waals surface area contributed by atoms with Crippen LogP contribution >= 0.6 is 0 Å². The van der Waals surface area contributed by atoms with E-state index in [1.807, 2.05) is 13.8 Å². The summed E-state index contributed by atoms with van der Waals surface area (Å²) in [5, 5.41) is 9.11. The van der Waals surface area contributed by atoms with Gasteiger partial charge in [0.1, 0.15) is 0 Å². The lowest BCUT2D eigenvalue weighted by Crippen LogP contribution is -2.03. The summed E-state index contributed by atoms with van der Waals surface area (Å²) in [7, 11) is -3.20. The maximum atomic E-state index is 11.3. The van der Waals surface area contributed by atoms with Crippen LogP contribution in [0.5, 0.6) is 0 Å². The molecule has 1 N–H and O–H groups in total. The number of carboxylic acid groups (broad SMARTS) is 1. The van der Waals surface area contributed by atoms with Gasteiger partial charge in [0.05, 0.1) is 10.8 Å². The fourth-order valence-electron chi connectivity index (χ4n) is 2.64. The first-order valence-corrected chi connectivity index (χ1v) is 7.57. The first-order valence-electron chi connectivity index (χ1n) is 5.68. The van der Waals surface area contributed by atoms with Gasteiger partial charge in [-0.1, -0.05) is 26.0 Å². The number of sulfone groups is 1. The van der Waals surface area contributed by atoms with Crippen molar-refractivity contribution in [1.29, 1.82) is 0 Å². The van der Waals surface area contributed by atoms with E-state index in [-0.39, 0.29) is 22.1 Å². The van der Waals surface area contributed by atoms with Gasteiger partial charge in [0.2, 0.25) is 0 Å². The minimum Gasteiger partial charge on any atom is -0.481 e. The van der Waals surface area contributed by atoms with Gasteiger partial charge in [0, 0.05) is 12.2 Å². The molecule has 0 saturated heterocycles. The molecule has 0 unspecified atom stereocenters. The average molecular weight is 268 g/mol. The molecular weight excluding hydrogens is 252 g/mol. The van der Waals surface area contributed by atoms with E-state index >= 15 is 0 Å². The Labute approximate surface area is 107 Å². The first-order chi connectivity index (χ1) is 8.15. The Morgan fingerprint density at radius 3 is 2.06 bits per heavy atom. The summed E-state index contributed by atoms with van der Waals surface area (Å²) >= 11 is 0. The molecule has 0 aliphatic heterocycles. The Hall–Kier alpha value is -1.36. The van der Waals surface area contributed by atoms with Crippen LogP contribution in [0.2, 0.25) is 0 Å². The molecule has 0 aromatic heterocycles. The van der Waals surface area contributed by atoms with Crippen molar-refractivity contribution in [2.75, 3.05) is 6.26 Å². The lowest BCUT2D eigenvalue weighted by molar-refractivity contribution is -0.139. The molecule has 5 heteroatoms. The molecule has 0 amide bonds. The van der Waals surface area contributed by atoms with E-state index < -0.39 is 15.8 Å². The lowest BCUT2D eigenvalue weighted by atomic mass is 10.0. The Bertz CT molecular complexity index is 584. The lowest BCUT2D eigenvalue weighted by Gasteiger charge is -2.04. The van der Waals surface area contributed by atoms with E-state index in [0.29, 0.717) is 0 Å². The number of carboxylic acids is 1. The second-order valence-corrected chi connectivity index (χ2v) is 7.47. The highest BCUT2D eigenvalue weighted by molar-refractivity contribution is 7.90. The third kappa shape index (κ3) is 2.03. The first kappa shape index (κ1) is 13.1. The highest BCUT2D eigenvalue weighted by atomic mass is 32.2. The molecule has 2 rings (SSSR count). The highest BCUT2D eigenvalue weighted by Crippen LogP contribution is 2.64. The molecule has 1 aromatic rings. The molecule has 1 aromatic carbocycles. The van der Waals surface area contributed by atoms with Crippen molar-refractivity contribution in [2.45, 2.75) is 24.7 Å². The molecule has 1 aliphatic carbocycles. The Morgan fingerprint density at radius 2 is 1.72 bits per heavy atom. The van der Waals surface area contributed by atoms with Gasteiger partial charge in [-0.25, -0.2) is 8.42 Å². The fraction of sp³-hybridized carbons (Fsp3) is 0.462. The van der Waals surface area contributed by atoms with E-state index in [9.17, 15) is 13.2 Å². The van der Waals surface area contributed by atoms with Crippen LogP contribution < -0.4 is 0 Å². The fourth-order valence-corrected chi connectivity index (χ4v) is 3.27. The minimum absolute atomic E-state index is 0.0383. The van der Waals surface area contributed by atoms with Crippen LogP contribution in [0.4, 0.5) is 0 Å². The number of hydrogen-bond acceptors (Lipinski definition) is 3. The Balaban J connectivity index is 2.30. The van der Waals surface area contributed by atoms with Crippen LogP contribution in [0, 0.1) is 11.3 Å². The van der Waals surface area contributed by atoms with Crippen molar-refractivity contribution < 1.29 is 18.3 Å². The van der Waals surface area contributed by atoms with Gasteiger partial charge in [-0.2, -0.15) is 0 Å². The van der Waals surface area contributed by atoms with Crippen LogP contribution in [-0.4, -0.2) is 25.7 Å². The van der Waals surface area contributed by atoms with Crippen LogP contribution in [0.15, 0.2) is 29.2 Å². The molecule has 0 spiro atoms. The molecule has 18 heavy (non-hydrogen) atoms. The topological polar surface area (TPSA) is 71.4 Å². The summed E-state index contributed by atoms with van der Waals surface area (Å²) < 4.78 is 22.7. The molecule has 1 saturated carbocycles. The van der Waals surface area contributed by atoms with Crippen molar-refractivity contribution >= 4 is 15.8 Å². The zero-order chi connectivity index (χ0) is 13.7. The largest absolute Gasteiger partial charge is 0.481 e. The van der Waals surface area contributed by atoms with E-state index in [4.69, 9.17) is 5.11 Å². The van der Waals surface area contributed by atoms with Crippen molar-refractivity contribution in [3.05, 3.63) is 29.8 Å². The zero-order valence-corrected chi connectivity index (χ0v) is 11.4. The monoisotopic (exact) mass is 268 g/mol. The summed E-state index contributed by atoms with van der Waals surface area (Å²) in [4.78, 5) is 11.4. The predicted octanol–water partition coefficient (Wildman–Crippen LogP) is 1.91. The smallest absolute Gasteiger partial charge is 0.307 e. The maximum Gasteiger partial charge on any atom is 0.307 e. The average Bonchev–Trinajstić information content (AvgIpc) is 2.80. The van der Waals surface area contributed by atoms with Gasteiger partial charge in [0.25, 0.3) is 0 Å². The third-order valence-corrected chi connectivity index (χ3v) is 4.89. The van der Waals surface area contributed by atoms with Crippen molar-refractivity contribution in [2.24, 2.45) is 11.3 Å². The molecule has 0 heterocycles. The second-order valence-electron chi connectivity index (χ2n) is 5.46. The van der Waals surface area contributed by atoms with E-state index in [1.165, 1.54) is 12.1 Å². The molecular formula is C13H16O4S. The molecule has 4 nitrogen and oxygen atoms in total. The van der Waals surface area contributed by atoms with Crippen LogP contribution in [-0.2, 0) is 14.6 Å². The number of carbonyl (C=O) groups is 1. The van der Waals surface area contributed by atoms with Gasteiger partial charge >= 0.3 is 5.97 Å². The quantitative estimate of drug-likeness (QED) is 0.909. The second kappa shape index (κ2) is 3.82.